The monoisotopic (exact) mass is 379 g/mol. The van der Waals surface area contributed by atoms with Gasteiger partial charge in [0.2, 0.25) is 5.88 Å². The number of imidazole rings is 1. The summed E-state index contributed by atoms with van der Waals surface area (Å²) < 4.78 is 7.22. The van der Waals surface area contributed by atoms with Gasteiger partial charge in [-0.25, -0.2) is 14.8 Å². The maximum atomic E-state index is 12.2. The topological polar surface area (TPSA) is 81.1 Å². The van der Waals surface area contributed by atoms with Crippen LogP contribution in [0.1, 0.15) is 36.7 Å². The van der Waals surface area contributed by atoms with Crippen molar-refractivity contribution in [1.82, 2.24) is 19.9 Å². The summed E-state index contributed by atoms with van der Waals surface area (Å²) in [5.74, 6) is 1.92. The molecule has 0 saturated heterocycles. The molecule has 0 atom stereocenters. The zero-order valence-corrected chi connectivity index (χ0v) is 16.3. The summed E-state index contributed by atoms with van der Waals surface area (Å²) in [6, 6.07) is 11.2. The first-order valence-electron chi connectivity index (χ1n) is 9.19. The maximum Gasteiger partial charge on any atom is 0.319 e. The van der Waals surface area contributed by atoms with Crippen molar-refractivity contribution in [3.8, 4) is 5.88 Å². The third kappa shape index (κ3) is 5.09. The van der Waals surface area contributed by atoms with E-state index in [-0.39, 0.29) is 6.03 Å². The van der Waals surface area contributed by atoms with Crippen LogP contribution in [0.2, 0.25) is 0 Å². The molecule has 2 amide bonds. The molecule has 28 heavy (non-hydrogen) atoms. The molecule has 0 fully saturated rings. The van der Waals surface area contributed by atoms with Crippen LogP contribution in [-0.2, 0) is 13.1 Å². The van der Waals surface area contributed by atoms with E-state index in [4.69, 9.17) is 4.74 Å². The van der Waals surface area contributed by atoms with Gasteiger partial charge in [0, 0.05) is 49.4 Å². The quantitative estimate of drug-likeness (QED) is 0.655. The van der Waals surface area contributed by atoms with Crippen molar-refractivity contribution in [3.05, 3.63) is 71.9 Å². The summed E-state index contributed by atoms with van der Waals surface area (Å²) in [7, 11) is 1.56. The number of hydrogen-bond donors (Lipinski definition) is 2. The van der Waals surface area contributed by atoms with E-state index in [0.717, 1.165) is 22.6 Å². The number of carbonyl (C=O) groups is 1. The standard InChI is InChI=1S/C21H25N5O2/c1-15(2)20-23-9-10-26(20)14-17-5-4-6-18(11-17)25-21(27)24-13-16-7-8-22-19(12-16)28-3/h4-12,15H,13-14H2,1-3H3,(H2,24,25,27). The molecule has 0 bridgehead atoms. The lowest BCUT2D eigenvalue weighted by Crippen LogP contribution is -2.28. The highest BCUT2D eigenvalue weighted by Gasteiger charge is 2.08. The number of benzene rings is 1. The number of carbonyl (C=O) groups excluding carboxylic acids is 1. The first-order valence-corrected chi connectivity index (χ1v) is 9.19. The Bertz CT molecular complexity index is 936. The van der Waals surface area contributed by atoms with Crippen LogP contribution in [0.25, 0.3) is 0 Å². The molecular formula is C21H25N5O2. The van der Waals surface area contributed by atoms with Crippen LogP contribution >= 0.6 is 0 Å². The van der Waals surface area contributed by atoms with Crippen molar-refractivity contribution in [2.24, 2.45) is 0 Å². The Kier molecular flexibility index (Phi) is 6.26. The normalized spacial score (nSPS) is 10.7. The fourth-order valence-electron chi connectivity index (χ4n) is 2.93. The van der Waals surface area contributed by atoms with Gasteiger partial charge >= 0.3 is 6.03 Å². The van der Waals surface area contributed by atoms with Crippen LogP contribution in [0.15, 0.2) is 55.0 Å². The van der Waals surface area contributed by atoms with Crippen molar-refractivity contribution in [1.29, 1.82) is 0 Å². The maximum absolute atomic E-state index is 12.2. The van der Waals surface area contributed by atoms with Gasteiger partial charge in [0.15, 0.2) is 0 Å². The van der Waals surface area contributed by atoms with Gasteiger partial charge in [0.1, 0.15) is 5.82 Å². The molecule has 0 spiro atoms. The highest BCUT2D eigenvalue weighted by Crippen LogP contribution is 2.16. The Morgan fingerprint density at radius 2 is 2.00 bits per heavy atom. The predicted octanol–water partition coefficient (Wildman–Crippen LogP) is 3.78. The van der Waals surface area contributed by atoms with Crippen molar-refractivity contribution in [2.75, 3.05) is 12.4 Å². The number of methoxy groups -OCH3 is 1. The van der Waals surface area contributed by atoms with Gasteiger partial charge in [-0.15, -0.1) is 0 Å². The Balaban J connectivity index is 1.59. The van der Waals surface area contributed by atoms with Crippen LogP contribution in [0.4, 0.5) is 10.5 Å². The Morgan fingerprint density at radius 3 is 2.79 bits per heavy atom. The van der Waals surface area contributed by atoms with E-state index >= 15 is 0 Å². The minimum Gasteiger partial charge on any atom is -0.481 e. The molecule has 3 aromatic rings. The molecule has 0 aliphatic rings. The van der Waals surface area contributed by atoms with E-state index in [1.807, 2.05) is 42.7 Å². The van der Waals surface area contributed by atoms with Crippen molar-refractivity contribution < 1.29 is 9.53 Å². The smallest absolute Gasteiger partial charge is 0.319 e. The Morgan fingerprint density at radius 1 is 1.14 bits per heavy atom. The van der Waals surface area contributed by atoms with Crippen LogP contribution in [0, 0.1) is 0 Å². The average Bonchev–Trinajstić information content (AvgIpc) is 3.15. The van der Waals surface area contributed by atoms with Gasteiger partial charge < -0.3 is 19.9 Å². The van der Waals surface area contributed by atoms with Gasteiger partial charge in [-0.2, -0.15) is 0 Å². The predicted molar refractivity (Wildman–Crippen MR) is 109 cm³/mol. The molecule has 146 valence electrons. The van der Waals surface area contributed by atoms with Gasteiger partial charge in [-0.05, 0) is 29.3 Å². The van der Waals surface area contributed by atoms with Crippen LogP contribution in [-0.4, -0.2) is 27.7 Å². The molecule has 2 N–H and O–H groups in total. The molecule has 7 heteroatoms. The first-order chi connectivity index (χ1) is 13.5. The highest BCUT2D eigenvalue weighted by atomic mass is 16.5. The third-order valence-electron chi connectivity index (χ3n) is 4.26. The lowest BCUT2D eigenvalue weighted by Gasteiger charge is -2.12. The molecule has 1 aromatic carbocycles. The van der Waals surface area contributed by atoms with Gasteiger partial charge in [-0.3, -0.25) is 0 Å². The number of nitrogens with zero attached hydrogens (tertiary/aromatic N) is 3. The third-order valence-corrected chi connectivity index (χ3v) is 4.26. The van der Waals surface area contributed by atoms with E-state index in [9.17, 15) is 4.79 Å². The van der Waals surface area contributed by atoms with Crippen molar-refractivity contribution in [2.45, 2.75) is 32.9 Å². The summed E-state index contributed by atoms with van der Waals surface area (Å²) >= 11 is 0. The van der Waals surface area contributed by atoms with E-state index in [2.05, 4.69) is 39.0 Å². The van der Waals surface area contributed by atoms with Crippen LogP contribution < -0.4 is 15.4 Å². The second-order valence-electron chi connectivity index (χ2n) is 6.78. The van der Waals surface area contributed by atoms with Gasteiger partial charge in [-0.1, -0.05) is 26.0 Å². The van der Waals surface area contributed by atoms with Crippen molar-refractivity contribution in [3.63, 3.8) is 0 Å². The summed E-state index contributed by atoms with van der Waals surface area (Å²) in [4.78, 5) is 20.7. The van der Waals surface area contributed by atoms with E-state index in [1.165, 1.54) is 0 Å². The molecule has 2 heterocycles. The zero-order valence-electron chi connectivity index (χ0n) is 16.3. The molecule has 7 nitrogen and oxygen atoms in total. The van der Waals surface area contributed by atoms with Crippen LogP contribution in [0.3, 0.4) is 0 Å². The highest BCUT2D eigenvalue weighted by molar-refractivity contribution is 5.89. The zero-order chi connectivity index (χ0) is 19.9. The number of nitrogens with one attached hydrogen (secondary N) is 2. The number of aromatic nitrogens is 3. The number of ether oxygens (including phenoxy) is 1. The van der Waals surface area contributed by atoms with E-state index < -0.39 is 0 Å². The lowest BCUT2D eigenvalue weighted by atomic mass is 10.1. The number of pyridine rings is 1. The summed E-state index contributed by atoms with van der Waals surface area (Å²) in [6.07, 6.45) is 5.45. The average molecular weight is 379 g/mol. The molecular weight excluding hydrogens is 354 g/mol. The molecule has 0 aliphatic heterocycles. The molecule has 0 saturated carbocycles. The van der Waals surface area contributed by atoms with Crippen molar-refractivity contribution >= 4 is 11.7 Å². The fourth-order valence-corrected chi connectivity index (χ4v) is 2.93. The Labute approximate surface area is 164 Å². The number of rotatable bonds is 7. The molecule has 0 unspecified atom stereocenters. The largest absolute Gasteiger partial charge is 0.481 e. The number of urea groups is 1. The number of amides is 2. The summed E-state index contributed by atoms with van der Waals surface area (Å²) in [6.45, 7) is 5.34. The van der Waals surface area contributed by atoms with E-state index in [0.29, 0.717) is 24.9 Å². The van der Waals surface area contributed by atoms with Gasteiger partial charge in [0.25, 0.3) is 0 Å². The van der Waals surface area contributed by atoms with Crippen LogP contribution in [0.5, 0.6) is 5.88 Å². The van der Waals surface area contributed by atoms with Gasteiger partial charge in [0.05, 0.1) is 7.11 Å². The lowest BCUT2D eigenvalue weighted by molar-refractivity contribution is 0.251. The fraction of sp³-hybridized carbons (Fsp3) is 0.286. The second-order valence-corrected chi connectivity index (χ2v) is 6.78. The minimum atomic E-state index is -0.265. The SMILES string of the molecule is COc1cc(CNC(=O)Nc2cccc(Cn3ccnc3C(C)C)c2)ccn1. The second kappa shape index (κ2) is 9.03. The van der Waals surface area contributed by atoms with E-state index in [1.54, 1.807) is 19.4 Å². The Hall–Kier alpha value is -3.35. The molecule has 2 aromatic heterocycles. The summed E-state index contributed by atoms with van der Waals surface area (Å²) in [5.41, 5.74) is 2.75. The number of anilines is 1. The summed E-state index contributed by atoms with van der Waals surface area (Å²) in [5, 5.41) is 5.72. The first kappa shape index (κ1) is 19.4. The molecule has 3 rings (SSSR count). The number of hydrogen-bond acceptors (Lipinski definition) is 4. The molecule has 0 radical (unpaired) electrons. The minimum absolute atomic E-state index is 0.265. The molecule has 0 aliphatic carbocycles.